The van der Waals surface area contributed by atoms with Crippen LogP contribution in [0.15, 0.2) is 42.0 Å². The van der Waals surface area contributed by atoms with Crippen molar-refractivity contribution in [2.75, 3.05) is 6.54 Å². The third-order valence-corrected chi connectivity index (χ3v) is 5.62. The highest BCUT2D eigenvalue weighted by Crippen LogP contribution is 2.41. The number of Topliss-reactive ketones (excluding diaryl/α,β-unsaturated/α-hetero) is 1. The van der Waals surface area contributed by atoms with Crippen molar-refractivity contribution < 1.29 is 18.7 Å². The van der Waals surface area contributed by atoms with Gasteiger partial charge in [0.15, 0.2) is 5.78 Å². The SMILES string of the molecule is CC(=O)c1ccc(F)c(-c2cc(C)cc3c2OC(CNC(=O)c2cncs2)C3)c1. The number of halogens is 1. The van der Waals surface area contributed by atoms with Crippen LogP contribution in [0.4, 0.5) is 4.39 Å². The van der Waals surface area contributed by atoms with Crippen LogP contribution in [0, 0.1) is 12.7 Å². The molecule has 0 radical (unpaired) electrons. The zero-order valence-corrected chi connectivity index (χ0v) is 16.8. The maximum absolute atomic E-state index is 14.6. The number of carbonyl (C=O) groups excluding carboxylic acids is 2. The fourth-order valence-electron chi connectivity index (χ4n) is 3.48. The van der Waals surface area contributed by atoms with Crippen LogP contribution in [0.3, 0.4) is 0 Å². The fourth-order valence-corrected chi connectivity index (χ4v) is 4.01. The van der Waals surface area contributed by atoms with E-state index in [-0.39, 0.29) is 17.8 Å². The first-order valence-corrected chi connectivity index (χ1v) is 10.1. The van der Waals surface area contributed by atoms with Gasteiger partial charge in [-0.1, -0.05) is 6.07 Å². The van der Waals surface area contributed by atoms with E-state index in [1.54, 1.807) is 11.6 Å². The van der Waals surface area contributed by atoms with E-state index < -0.39 is 5.82 Å². The monoisotopic (exact) mass is 410 g/mol. The van der Waals surface area contributed by atoms with E-state index in [0.717, 1.165) is 11.1 Å². The van der Waals surface area contributed by atoms with Crippen molar-refractivity contribution in [1.82, 2.24) is 10.3 Å². The number of nitrogens with one attached hydrogen (secondary N) is 1. The zero-order chi connectivity index (χ0) is 20.5. The van der Waals surface area contributed by atoms with Gasteiger partial charge in [0.1, 0.15) is 22.5 Å². The van der Waals surface area contributed by atoms with Gasteiger partial charge in [-0.25, -0.2) is 4.39 Å². The molecule has 3 aromatic rings. The van der Waals surface area contributed by atoms with E-state index in [1.807, 2.05) is 19.1 Å². The van der Waals surface area contributed by atoms with Crippen molar-refractivity contribution in [3.8, 4) is 16.9 Å². The number of carbonyl (C=O) groups is 2. The number of aryl methyl sites for hydroxylation is 1. The minimum atomic E-state index is -0.409. The van der Waals surface area contributed by atoms with Gasteiger partial charge in [0.25, 0.3) is 5.91 Å². The largest absolute Gasteiger partial charge is 0.487 e. The molecule has 1 aliphatic rings. The molecule has 0 bridgehead atoms. The Morgan fingerprint density at radius 3 is 2.83 bits per heavy atom. The molecule has 1 atom stereocenters. The highest BCUT2D eigenvalue weighted by Gasteiger charge is 2.28. The molecule has 0 aliphatic carbocycles. The number of hydrogen-bond donors (Lipinski definition) is 1. The van der Waals surface area contributed by atoms with Crippen LogP contribution in [0.1, 0.15) is 38.1 Å². The van der Waals surface area contributed by atoms with Crippen LogP contribution in [0.5, 0.6) is 5.75 Å². The Hall–Kier alpha value is -3.06. The first-order chi connectivity index (χ1) is 13.9. The lowest BCUT2D eigenvalue weighted by Gasteiger charge is -2.14. The van der Waals surface area contributed by atoms with Crippen LogP contribution < -0.4 is 10.1 Å². The molecule has 1 amide bonds. The van der Waals surface area contributed by atoms with Crippen LogP contribution in [-0.2, 0) is 6.42 Å². The third kappa shape index (κ3) is 3.91. The van der Waals surface area contributed by atoms with Gasteiger partial charge in [-0.15, -0.1) is 11.3 Å². The second kappa shape index (κ2) is 7.75. The Labute approximate surface area is 171 Å². The number of hydrogen-bond acceptors (Lipinski definition) is 5. The summed E-state index contributed by atoms with van der Waals surface area (Å²) in [5, 5.41) is 2.86. The smallest absolute Gasteiger partial charge is 0.263 e. The molecule has 0 spiro atoms. The lowest BCUT2D eigenvalue weighted by Crippen LogP contribution is -2.34. The molecule has 1 aliphatic heterocycles. The predicted octanol–water partition coefficient (Wildman–Crippen LogP) is 4.19. The molecule has 29 heavy (non-hydrogen) atoms. The molecule has 148 valence electrons. The van der Waals surface area contributed by atoms with Crippen molar-refractivity contribution in [2.45, 2.75) is 26.4 Å². The molecule has 0 fully saturated rings. The molecule has 1 aromatic heterocycles. The number of aromatic nitrogens is 1. The minimum absolute atomic E-state index is 0.125. The van der Waals surface area contributed by atoms with E-state index >= 15 is 0 Å². The molecular formula is C22H19FN2O3S. The number of rotatable bonds is 5. The standard InChI is InChI=1S/C22H19FN2O3S/c1-12-5-15-7-16(9-25-22(27)20-10-24-11-29-20)28-21(15)18(6-12)17-8-14(13(2)26)3-4-19(17)23/h3-6,8,10-11,16H,7,9H2,1-2H3,(H,25,27). The van der Waals surface area contributed by atoms with Crippen LogP contribution in [0.2, 0.25) is 0 Å². The maximum Gasteiger partial charge on any atom is 0.263 e. The highest BCUT2D eigenvalue weighted by atomic mass is 32.1. The van der Waals surface area contributed by atoms with Gasteiger partial charge < -0.3 is 10.1 Å². The van der Waals surface area contributed by atoms with Gasteiger partial charge in [0, 0.05) is 23.1 Å². The molecule has 0 saturated carbocycles. The summed E-state index contributed by atoms with van der Waals surface area (Å²) in [7, 11) is 0. The van der Waals surface area contributed by atoms with Crippen LogP contribution in [-0.4, -0.2) is 29.3 Å². The Morgan fingerprint density at radius 1 is 1.28 bits per heavy atom. The minimum Gasteiger partial charge on any atom is -0.487 e. The van der Waals surface area contributed by atoms with Gasteiger partial charge >= 0.3 is 0 Å². The molecule has 5 nitrogen and oxygen atoms in total. The second-order valence-corrected chi connectivity index (χ2v) is 7.96. The zero-order valence-electron chi connectivity index (χ0n) is 16.0. The van der Waals surface area contributed by atoms with Crippen molar-refractivity contribution in [1.29, 1.82) is 0 Å². The number of fused-ring (bicyclic) bond motifs is 1. The summed E-state index contributed by atoms with van der Waals surface area (Å²) in [5.41, 5.74) is 4.95. The Bertz CT molecular complexity index is 1100. The van der Waals surface area contributed by atoms with Crippen molar-refractivity contribution >= 4 is 23.0 Å². The Morgan fingerprint density at radius 2 is 2.10 bits per heavy atom. The van der Waals surface area contributed by atoms with Gasteiger partial charge in [-0.3, -0.25) is 14.6 Å². The number of benzene rings is 2. The second-order valence-electron chi connectivity index (χ2n) is 7.07. The summed E-state index contributed by atoms with van der Waals surface area (Å²) in [4.78, 5) is 28.3. The molecule has 2 aromatic carbocycles. The van der Waals surface area contributed by atoms with Gasteiger partial charge in [0.05, 0.1) is 18.3 Å². The fraction of sp³-hybridized carbons (Fsp3) is 0.227. The lowest BCUT2D eigenvalue weighted by atomic mass is 9.95. The molecule has 7 heteroatoms. The summed E-state index contributed by atoms with van der Waals surface area (Å²) >= 11 is 1.27. The first-order valence-electron chi connectivity index (χ1n) is 9.20. The molecule has 2 heterocycles. The van der Waals surface area contributed by atoms with Gasteiger partial charge in [0.2, 0.25) is 0 Å². The average Bonchev–Trinajstić information content (AvgIpc) is 3.35. The topological polar surface area (TPSA) is 68.3 Å². The number of amides is 1. The lowest BCUT2D eigenvalue weighted by molar-refractivity contribution is 0.0937. The highest BCUT2D eigenvalue weighted by molar-refractivity contribution is 7.11. The summed E-state index contributed by atoms with van der Waals surface area (Å²) < 4.78 is 20.7. The molecule has 1 N–H and O–H groups in total. The van der Waals surface area contributed by atoms with E-state index in [1.165, 1.54) is 36.6 Å². The maximum atomic E-state index is 14.6. The van der Waals surface area contributed by atoms with E-state index in [0.29, 0.717) is 40.3 Å². The summed E-state index contributed by atoms with van der Waals surface area (Å²) in [6.45, 7) is 3.73. The summed E-state index contributed by atoms with van der Waals surface area (Å²) in [6, 6.07) is 8.23. The van der Waals surface area contributed by atoms with Gasteiger partial charge in [-0.05, 0) is 49.2 Å². The molecule has 0 saturated heterocycles. The van der Waals surface area contributed by atoms with E-state index in [2.05, 4.69) is 10.3 Å². The Balaban J connectivity index is 1.59. The van der Waals surface area contributed by atoms with Crippen LogP contribution >= 0.6 is 11.3 Å². The van der Waals surface area contributed by atoms with Crippen LogP contribution in [0.25, 0.3) is 11.1 Å². The quantitative estimate of drug-likeness (QED) is 0.641. The van der Waals surface area contributed by atoms with E-state index in [4.69, 9.17) is 4.74 Å². The third-order valence-electron chi connectivity index (χ3n) is 4.85. The van der Waals surface area contributed by atoms with Crippen molar-refractivity contribution in [2.24, 2.45) is 0 Å². The normalized spacial score (nSPS) is 14.9. The summed E-state index contributed by atoms with van der Waals surface area (Å²) in [6.07, 6.45) is 1.89. The molecule has 4 rings (SSSR count). The van der Waals surface area contributed by atoms with Crippen molar-refractivity contribution in [3.05, 3.63) is 69.4 Å². The predicted molar refractivity (Wildman–Crippen MR) is 109 cm³/mol. The summed E-state index contributed by atoms with van der Waals surface area (Å²) in [5.74, 6) is -0.121. The number of ether oxygens (including phenoxy) is 1. The first kappa shape index (κ1) is 19.3. The van der Waals surface area contributed by atoms with E-state index in [9.17, 15) is 14.0 Å². The number of thiazole rings is 1. The number of ketones is 1. The number of nitrogens with zero attached hydrogens (tertiary/aromatic N) is 1. The molecular weight excluding hydrogens is 391 g/mol. The molecule has 1 unspecified atom stereocenters. The van der Waals surface area contributed by atoms with Crippen molar-refractivity contribution in [3.63, 3.8) is 0 Å². The average molecular weight is 410 g/mol. The van der Waals surface area contributed by atoms with Gasteiger partial charge in [-0.2, -0.15) is 0 Å². The Kier molecular flexibility index (Phi) is 5.15.